The molecule has 0 unspecified atom stereocenters. The van der Waals surface area contributed by atoms with Gasteiger partial charge in [0.25, 0.3) is 0 Å². The minimum absolute atomic E-state index is 0.936. The average molecular weight is 589 g/mol. The Bertz CT molecular complexity index is 2770. The number of thiophene rings is 1. The SMILES string of the molecule is c1ccc2cc3c(cc2c1)sc1ccc(-c2c4ccccc4c(-c4cnc5c(ccc6cccnc65)c4)c4ccccc24)cc13. The van der Waals surface area contributed by atoms with E-state index in [2.05, 4.69) is 132 Å². The summed E-state index contributed by atoms with van der Waals surface area (Å²) in [5, 5.41) is 12.4. The highest BCUT2D eigenvalue weighted by Crippen LogP contribution is 2.46. The molecule has 3 aromatic heterocycles. The van der Waals surface area contributed by atoms with Crippen LogP contribution in [0.15, 0.2) is 146 Å². The fourth-order valence-electron chi connectivity index (χ4n) is 7.24. The topological polar surface area (TPSA) is 25.8 Å². The number of nitrogens with zero attached hydrogens (tertiary/aromatic N) is 2. The van der Waals surface area contributed by atoms with Crippen molar-refractivity contribution in [2.75, 3.05) is 0 Å². The molecule has 2 nitrogen and oxygen atoms in total. The molecule has 0 amide bonds. The van der Waals surface area contributed by atoms with Crippen molar-refractivity contribution in [3.8, 4) is 22.3 Å². The summed E-state index contributed by atoms with van der Waals surface area (Å²) in [7, 11) is 0. The van der Waals surface area contributed by atoms with Gasteiger partial charge >= 0.3 is 0 Å². The quantitative estimate of drug-likeness (QED) is 0.148. The summed E-state index contributed by atoms with van der Waals surface area (Å²) < 4.78 is 2.65. The van der Waals surface area contributed by atoms with Gasteiger partial charge in [-0.05, 0) is 85.4 Å². The predicted octanol–water partition coefficient (Wildman–Crippen LogP) is 11.9. The maximum Gasteiger partial charge on any atom is 0.0964 e. The summed E-state index contributed by atoms with van der Waals surface area (Å²) in [5.41, 5.74) is 6.72. The molecule has 0 atom stereocenters. The molecule has 0 bridgehead atoms. The van der Waals surface area contributed by atoms with Crippen LogP contribution in [0.5, 0.6) is 0 Å². The van der Waals surface area contributed by atoms with E-state index in [4.69, 9.17) is 4.98 Å². The lowest BCUT2D eigenvalue weighted by atomic mass is 9.86. The van der Waals surface area contributed by atoms with Crippen molar-refractivity contribution in [2.24, 2.45) is 0 Å². The lowest BCUT2D eigenvalue weighted by Gasteiger charge is -2.18. The van der Waals surface area contributed by atoms with Gasteiger partial charge in [-0.2, -0.15) is 0 Å². The predicted molar refractivity (Wildman–Crippen MR) is 193 cm³/mol. The molecule has 3 heterocycles. The highest BCUT2D eigenvalue weighted by molar-refractivity contribution is 7.25. The summed E-state index contributed by atoms with van der Waals surface area (Å²) >= 11 is 1.88. The van der Waals surface area contributed by atoms with Gasteiger partial charge in [0.15, 0.2) is 0 Å². The van der Waals surface area contributed by atoms with Crippen LogP contribution in [-0.2, 0) is 0 Å². The molecule has 0 aliphatic heterocycles. The number of rotatable bonds is 2. The zero-order valence-corrected chi connectivity index (χ0v) is 25.0. The van der Waals surface area contributed by atoms with Crippen LogP contribution in [0, 0.1) is 0 Å². The molecule has 3 heteroatoms. The lowest BCUT2D eigenvalue weighted by Crippen LogP contribution is -1.92. The Morgan fingerprint density at radius 3 is 1.73 bits per heavy atom. The van der Waals surface area contributed by atoms with Gasteiger partial charge in [0.2, 0.25) is 0 Å². The van der Waals surface area contributed by atoms with Gasteiger partial charge in [-0.1, -0.05) is 97.1 Å². The van der Waals surface area contributed by atoms with Crippen LogP contribution in [0.1, 0.15) is 0 Å². The van der Waals surface area contributed by atoms with Gasteiger partial charge in [0, 0.05) is 48.9 Å². The molecule has 10 rings (SSSR count). The van der Waals surface area contributed by atoms with E-state index < -0.39 is 0 Å². The highest BCUT2D eigenvalue weighted by atomic mass is 32.1. The van der Waals surface area contributed by atoms with E-state index in [0.717, 1.165) is 27.4 Å². The molecular formula is C42H24N2S. The van der Waals surface area contributed by atoms with E-state index in [1.165, 1.54) is 69.2 Å². The Hall–Kier alpha value is -5.64. The lowest BCUT2D eigenvalue weighted by molar-refractivity contribution is 1.38. The third-order valence-electron chi connectivity index (χ3n) is 9.27. The van der Waals surface area contributed by atoms with Crippen molar-refractivity contribution in [1.29, 1.82) is 0 Å². The van der Waals surface area contributed by atoms with Crippen molar-refractivity contribution in [3.05, 3.63) is 146 Å². The number of fused-ring (bicyclic) bond motifs is 9. The molecule has 0 saturated heterocycles. The Morgan fingerprint density at radius 1 is 0.378 bits per heavy atom. The summed E-state index contributed by atoms with van der Waals surface area (Å²) in [5.74, 6) is 0. The molecular weight excluding hydrogens is 565 g/mol. The average Bonchev–Trinajstić information content (AvgIpc) is 3.45. The second kappa shape index (κ2) is 9.43. The molecule has 0 spiro atoms. The molecule has 0 fully saturated rings. The Morgan fingerprint density at radius 2 is 0.978 bits per heavy atom. The number of benzene rings is 7. The maximum atomic E-state index is 5.00. The monoisotopic (exact) mass is 588 g/mol. The molecule has 0 saturated carbocycles. The van der Waals surface area contributed by atoms with Crippen LogP contribution in [0.2, 0.25) is 0 Å². The van der Waals surface area contributed by atoms with Crippen molar-refractivity contribution >= 4 is 85.6 Å². The van der Waals surface area contributed by atoms with Gasteiger partial charge in [0.1, 0.15) is 0 Å². The summed E-state index contributed by atoms with van der Waals surface area (Å²) in [4.78, 5) is 9.64. The largest absolute Gasteiger partial charge is 0.254 e. The van der Waals surface area contributed by atoms with Crippen LogP contribution in [-0.4, -0.2) is 9.97 Å². The first-order valence-corrected chi connectivity index (χ1v) is 16.0. The summed E-state index contributed by atoms with van der Waals surface area (Å²) in [6.07, 6.45) is 3.87. The molecule has 0 aliphatic carbocycles. The van der Waals surface area contributed by atoms with Crippen LogP contribution in [0.3, 0.4) is 0 Å². The first kappa shape index (κ1) is 24.8. The smallest absolute Gasteiger partial charge is 0.0964 e. The maximum absolute atomic E-state index is 5.00. The fourth-order valence-corrected chi connectivity index (χ4v) is 8.36. The molecule has 0 radical (unpaired) electrons. The van der Waals surface area contributed by atoms with Gasteiger partial charge in [0.05, 0.1) is 11.0 Å². The summed E-state index contributed by atoms with van der Waals surface area (Å²) in [6, 6.07) is 48.7. The van der Waals surface area contributed by atoms with Crippen LogP contribution in [0.4, 0.5) is 0 Å². The summed E-state index contributed by atoms with van der Waals surface area (Å²) in [6.45, 7) is 0. The molecule has 45 heavy (non-hydrogen) atoms. The molecule has 0 N–H and O–H groups in total. The van der Waals surface area contributed by atoms with Crippen molar-refractivity contribution < 1.29 is 0 Å². The van der Waals surface area contributed by atoms with Gasteiger partial charge in [-0.15, -0.1) is 11.3 Å². The van der Waals surface area contributed by atoms with Crippen molar-refractivity contribution in [2.45, 2.75) is 0 Å². The first-order valence-electron chi connectivity index (χ1n) is 15.2. The minimum Gasteiger partial charge on any atom is -0.254 e. The van der Waals surface area contributed by atoms with Gasteiger partial charge < -0.3 is 0 Å². The Labute approximate surface area is 262 Å². The molecule has 10 aromatic rings. The van der Waals surface area contributed by atoms with E-state index >= 15 is 0 Å². The highest BCUT2D eigenvalue weighted by Gasteiger charge is 2.18. The van der Waals surface area contributed by atoms with Gasteiger partial charge in [-0.25, -0.2) is 0 Å². The van der Waals surface area contributed by atoms with E-state index in [9.17, 15) is 0 Å². The van der Waals surface area contributed by atoms with E-state index in [1.807, 2.05) is 29.8 Å². The van der Waals surface area contributed by atoms with Crippen molar-refractivity contribution in [1.82, 2.24) is 9.97 Å². The van der Waals surface area contributed by atoms with E-state index in [-0.39, 0.29) is 0 Å². The van der Waals surface area contributed by atoms with Crippen molar-refractivity contribution in [3.63, 3.8) is 0 Å². The fraction of sp³-hybridized carbons (Fsp3) is 0. The Kier molecular flexibility index (Phi) is 5.19. The number of hydrogen-bond acceptors (Lipinski definition) is 3. The Balaban J connectivity index is 1.25. The van der Waals surface area contributed by atoms with Crippen LogP contribution >= 0.6 is 11.3 Å². The van der Waals surface area contributed by atoms with E-state index in [1.54, 1.807) is 0 Å². The third-order valence-corrected chi connectivity index (χ3v) is 10.4. The number of hydrogen-bond donors (Lipinski definition) is 0. The van der Waals surface area contributed by atoms with E-state index in [0.29, 0.717) is 0 Å². The van der Waals surface area contributed by atoms with Gasteiger partial charge in [-0.3, -0.25) is 9.97 Å². The second-order valence-corrected chi connectivity index (χ2v) is 12.9. The number of pyridine rings is 2. The molecule has 208 valence electrons. The van der Waals surface area contributed by atoms with Crippen LogP contribution in [0.25, 0.3) is 96.5 Å². The zero-order valence-electron chi connectivity index (χ0n) is 24.2. The van der Waals surface area contributed by atoms with Crippen LogP contribution < -0.4 is 0 Å². The number of aromatic nitrogens is 2. The molecule has 0 aliphatic rings. The normalized spacial score (nSPS) is 12.0. The standard InChI is InChI=1S/C42H24N2S/c1-2-9-27-23-38-36(21-26(27)8-1)35-22-28(17-18-37(35)45-38)39-31-11-3-5-13-33(31)40(34-14-6-4-12-32(34)39)30-20-29-16-15-25-10-7-19-43-41(25)42(29)44-24-30/h1-24H. The third kappa shape index (κ3) is 3.68. The minimum atomic E-state index is 0.936. The zero-order chi connectivity index (χ0) is 29.5. The second-order valence-electron chi connectivity index (χ2n) is 11.8. The first-order chi connectivity index (χ1) is 22.3. The molecule has 7 aromatic carbocycles.